The third-order valence-electron chi connectivity index (χ3n) is 2.57. The monoisotopic (exact) mass is 243 g/mol. The Morgan fingerprint density at radius 3 is 3.00 bits per heavy atom. The average molecular weight is 243 g/mol. The summed E-state index contributed by atoms with van der Waals surface area (Å²) in [5.74, 6) is 2.86. The van der Waals surface area contributed by atoms with Gasteiger partial charge in [-0.2, -0.15) is 16.1 Å². The minimum absolute atomic E-state index is 0.528. The molecular weight excluding hydrogens is 226 g/mol. The molecule has 5 heteroatoms. The van der Waals surface area contributed by atoms with Crippen LogP contribution in [0.4, 0.5) is 5.13 Å². The zero-order chi connectivity index (χ0) is 10.7. The Morgan fingerprint density at radius 2 is 2.40 bits per heavy atom. The number of anilines is 1. The summed E-state index contributed by atoms with van der Waals surface area (Å²) in [6.07, 6.45) is 5.83. The van der Waals surface area contributed by atoms with E-state index in [4.69, 9.17) is 0 Å². The second kappa shape index (κ2) is 5.16. The van der Waals surface area contributed by atoms with E-state index in [2.05, 4.69) is 27.9 Å². The van der Waals surface area contributed by atoms with Crippen molar-refractivity contribution >= 4 is 28.4 Å². The van der Waals surface area contributed by atoms with Crippen LogP contribution in [0.2, 0.25) is 0 Å². The van der Waals surface area contributed by atoms with Gasteiger partial charge in [0.2, 0.25) is 5.13 Å². The molecule has 1 aliphatic rings. The van der Waals surface area contributed by atoms with E-state index in [0.29, 0.717) is 12.0 Å². The first kappa shape index (κ1) is 11.2. The molecule has 1 aromatic rings. The molecule has 1 fully saturated rings. The summed E-state index contributed by atoms with van der Waals surface area (Å²) in [5, 5.41) is 4.45. The maximum absolute atomic E-state index is 4.53. The minimum Gasteiger partial charge on any atom is -0.357 e. The molecule has 0 spiro atoms. The lowest BCUT2D eigenvalue weighted by atomic mass is 10.3. The third-order valence-corrected chi connectivity index (χ3v) is 3.97. The van der Waals surface area contributed by atoms with Crippen molar-refractivity contribution in [2.75, 3.05) is 17.3 Å². The van der Waals surface area contributed by atoms with E-state index in [1.54, 1.807) is 0 Å². The van der Waals surface area contributed by atoms with Gasteiger partial charge in [0, 0.05) is 29.2 Å². The van der Waals surface area contributed by atoms with Gasteiger partial charge < -0.3 is 5.32 Å². The van der Waals surface area contributed by atoms with Crippen LogP contribution in [0.25, 0.3) is 0 Å². The van der Waals surface area contributed by atoms with Crippen LogP contribution in [-0.2, 0) is 0 Å². The Hall–Kier alpha value is -0.290. The molecule has 1 aliphatic carbocycles. The Bertz CT molecular complexity index is 309. The number of hydrogen-bond donors (Lipinski definition) is 1. The molecule has 3 nitrogen and oxygen atoms in total. The second-order valence-corrected chi connectivity index (χ2v) is 5.60. The van der Waals surface area contributed by atoms with E-state index in [1.807, 2.05) is 11.8 Å². The summed E-state index contributed by atoms with van der Waals surface area (Å²) in [6, 6.07) is 0.528. The van der Waals surface area contributed by atoms with Gasteiger partial charge in [0.05, 0.1) is 0 Å². The van der Waals surface area contributed by atoms with Gasteiger partial charge in [-0.05, 0) is 25.5 Å². The van der Waals surface area contributed by atoms with Crippen molar-refractivity contribution < 1.29 is 0 Å². The zero-order valence-electron chi connectivity index (χ0n) is 9.19. The van der Waals surface area contributed by atoms with Gasteiger partial charge in [-0.15, -0.1) is 0 Å². The summed E-state index contributed by atoms with van der Waals surface area (Å²) in [5.41, 5.74) is 0. The molecule has 0 amide bonds. The fraction of sp³-hybridized carbons (Fsp3) is 0.800. The maximum Gasteiger partial charge on any atom is 0.202 e. The fourth-order valence-corrected chi connectivity index (χ4v) is 2.88. The van der Waals surface area contributed by atoms with E-state index < -0.39 is 0 Å². The molecule has 1 heterocycles. The van der Waals surface area contributed by atoms with E-state index in [9.17, 15) is 0 Å². The number of aromatic nitrogens is 2. The van der Waals surface area contributed by atoms with E-state index >= 15 is 0 Å². The smallest absolute Gasteiger partial charge is 0.202 e. The maximum atomic E-state index is 4.53. The van der Waals surface area contributed by atoms with Crippen LogP contribution in [0.1, 0.15) is 37.9 Å². The molecule has 1 aromatic heterocycles. The van der Waals surface area contributed by atoms with Crippen molar-refractivity contribution in [2.45, 2.75) is 38.1 Å². The van der Waals surface area contributed by atoms with Gasteiger partial charge in [-0.25, -0.2) is 4.98 Å². The van der Waals surface area contributed by atoms with Crippen molar-refractivity contribution in [3.63, 3.8) is 0 Å². The van der Waals surface area contributed by atoms with Crippen molar-refractivity contribution in [1.82, 2.24) is 9.36 Å². The van der Waals surface area contributed by atoms with Gasteiger partial charge in [0.25, 0.3) is 0 Å². The molecule has 0 bridgehead atoms. The number of nitrogens with one attached hydrogen (secondary N) is 1. The highest BCUT2D eigenvalue weighted by atomic mass is 32.2. The molecule has 0 aliphatic heterocycles. The summed E-state index contributed by atoms with van der Waals surface area (Å²) < 4.78 is 4.39. The van der Waals surface area contributed by atoms with Gasteiger partial charge in [-0.1, -0.05) is 6.92 Å². The highest BCUT2D eigenvalue weighted by Gasteiger charge is 2.27. The number of thioether (sulfide) groups is 1. The molecule has 15 heavy (non-hydrogen) atoms. The number of nitrogens with zero attached hydrogens (tertiary/aromatic N) is 2. The van der Waals surface area contributed by atoms with Crippen LogP contribution < -0.4 is 5.32 Å². The first-order valence-corrected chi connectivity index (χ1v) is 7.59. The summed E-state index contributed by atoms with van der Waals surface area (Å²) in [7, 11) is 0. The Balaban J connectivity index is 1.90. The molecule has 84 valence electrons. The van der Waals surface area contributed by atoms with Crippen molar-refractivity contribution in [1.29, 1.82) is 0 Å². The van der Waals surface area contributed by atoms with Crippen molar-refractivity contribution in [3.05, 3.63) is 5.82 Å². The first-order chi connectivity index (χ1) is 7.33. The standard InChI is InChI=1S/C10H17N3S2/c1-3-8(6-14-2)11-10-12-9(13-15-10)7-4-5-7/h7-8H,3-6H2,1-2H3,(H,11,12,13). The average Bonchev–Trinajstić information content (AvgIpc) is 2.99. The van der Waals surface area contributed by atoms with Crippen molar-refractivity contribution in [3.8, 4) is 0 Å². The first-order valence-electron chi connectivity index (χ1n) is 5.42. The molecule has 2 rings (SSSR count). The zero-order valence-corrected chi connectivity index (χ0v) is 10.8. The predicted octanol–water partition coefficient (Wildman–Crippen LogP) is 2.97. The molecule has 0 radical (unpaired) electrons. The lowest BCUT2D eigenvalue weighted by Crippen LogP contribution is -2.20. The number of hydrogen-bond acceptors (Lipinski definition) is 5. The van der Waals surface area contributed by atoms with Crippen LogP contribution in [0.15, 0.2) is 0 Å². The second-order valence-electron chi connectivity index (χ2n) is 3.94. The van der Waals surface area contributed by atoms with E-state index in [0.717, 1.165) is 23.1 Å². The summed E-state index contributed by atoms with van der Waals surface area (Å²) >= 11 is 3.38. The van der Waals surface area contributed by atoms with Gasteiger partial charge in [0.1, 0.15) is 5.82 Å². The van der Waals surface area contributed by atoms with Crippen LogP contribution in [0.5, 0.6) is 0 Å². The fourth-order valence-electron chi connectivity index (χ4n) is 1.44. The van der Waals surface area contributed by atoms with Crippen LogP contribution in [-0.4, -0.2) is 27.4 Å². The summed E-state index contributed by atoms with van der Waals surface area (Å²) in [6.45, 7) is 2.21. The van der Waals surface area contributed by atoms with Gasteiger partial charge in [0.15, 0.2) is 0 Å². The quantitative estimate of drug-likeness (QED) is 0.833. The molecule has 1 saturated carbocycles. The molecule has 1 atom stereocenters. The minimum atomic E-state index is 0.528. The Kier molecular flexibility index (Phi) is 3.86. The SMILES string of the molecule is CCC(CSC)Nc1nc(C2CC2)ns1. The number of rotatable bonds is 6. The van der Waals surface area contributed by atoms with Gasteiger partial charge >= 0.3 is 0 Å². The molecule has 0 saturated heterocycles. The molecule has 1 N–H and O–H groups in total. The van der Waals surface area contributed by atoms with Crippen LogP contribution in [0, 0.1) is 0 Å². The highest BCUT2D eigenvalue weighted by molar-refractivity contribution is 7.98. The van der Waals surface area contributed by atoms with Crippen LogP contribution in [0.3, 0.4) is 0 Å². The van der Waals surface area contributed by atoms with E-state index in [1.165, 1.54) is 24.4 Å². The third kappa shape index (κ3) is 3.08. The molecule has 0 aromatic carbocycles. The molecular formula is C10H17N3S2. The largest absolute Gasteiger partial charge is 0.357 e. The highest BCUT2D eigenvalue weighted by Crippen LogP contribution is 2.39. The Labute approximate surface area is 99.2 Å². The lowest BCUT2D eigenvalue weighted by Gasteiger charge is -2.13. The van der Waals surface area contributed by atoms with E-state index in [-0.39, 0.29) is 0 Å². The predicted molar refractivity (Wildman–Crippen MR) is 68.0 cm³/mol. The topological polar surface area (TPSA) is 37.8 Å². The lowest BCUT2D eigenvalue weighted by molar-refractivity contribution is 0.772. The molecule has 1 unspecified atom stereocenters. The van der Waals surface area contributed by atoms with Gasteiger partial charge in [-0.3, -0.25) is 0 Å². The Morgan fingerprint density at radius 1 is 1.60 bits per heavy atom. The van der Waals surface area contributed by atoms with Crippen molar-refractivity contribution in [2.24, 2.45) is 0 Å². The van der Waals surface area contributed by atoms with Crippen LogP contribution >= 0.6 is 23.3 Å². The normalized spacial score (nSPS) is 17.7. The summed E-state index contributed by atoms with van der Waals surface area (Å²) in [4.78, 5) is 4.53.